The molecular formula is C27H23N3O4. The third-order valence-electron chi connectivity index (χ3n) is 5.36. The van der Waals surface area contributed by atoms with E-state index in [4.69, 9.17) is 9.84 Å². The Hall–Kier alpha value is -4.25. The molecule has 0 atom stereocenters. The number of fused-ring (bicyclic) bond motifs is 1. The molecule has 7 heteroatoms. The van der Waals surface area contributed by atoms with Crippen LogP contribution in [0.3, 0.4) is 0 Å². The normalized spacial score (nSPS) is 10.4. The molecule has 0 unspecified atom stereocenters. The summed E-state index contributed by atoms with van der Waals surface area (Å²) in [6, 6.07) is 17.2. The molecule has 2 aromatic carbocycles. The molecule has 0 fully saturated rings. The largest absolute Gasteiger partial charge is 0.494 e. The van der Waals surface area contributed by atoms with Crippen molar-refractivity contribution >= 4 is 16.8 Å². The summed E-state index contributed by atoms with van der Waals surface area (Å²) in [4.78, 5) is 21.1. The van der Waals surface area contributed by atoms with Crippen LogP contribution in [-0.4, -0.2) is 39.9 Å². The van der Waals surface area contributed by atoms with Crippen LogP contribution in [0.5, 0.6) is 5.75 Å². The lowest BCUT2D eigenvalue weighted by Gasteiger charge is -2.14. The van der Waals surface area contributed by atoms with E-state index in [0.717, 1.165) is 29.5 Å². The molecule has 0 radical (unpaired) electrons. The van der Waals surface area contributed by atoms with Gasteiger partial charge in [0.05, 0.1) is 18.2 Å². The lowest BCUT2D eigenvalue weighted by Crippen LogP contribution is -2.20. The fourth-order valence-corrected chi connectivity index (χ4v) is 3.66. The van der Waals surface area contributed by atoms with E-state index in [-0.39, 0.29) is 17.9 Å². The molecule has 0 saturated carbocycles. The van der Waals surface area contributed by atoms with E-state index >= 15 is 0 Å². The number of aliphatic hydroxyl groups excluding tert-OH is 1. The summed E-state index contributed by atoms with van der Waals surface area (Å²) < 4.78 is 5.53. The van der Waals surface area contributed by atoms with Gasteiger partial charge in [-0.15, -0.1) is 0 Å². The van der Waals surface area contributed by atoms with Crippen molar-refractivity contribution in [3.63, 3.8) is 0 Å². The van der Waals surface area contributed by atoms with Crippen molar-refractivity contribution in [2.75, 3.05) is 13.7 Å². The average molecular weight is 453 g/mol. The van der Waals surface area contributed by atoms with Gasteiger partial charge in [0.1, 0.15) is 5.69 Å². The molecule has 34 heavy (non-hydrogen) atoms. The smallest absolute Gasteiger partial charge is 0.279 e. The SMILES string of the molecule is COc1c(-c2ccc(C#Cc3ccc(CCCO)cc3)cc2)nc2ccncc2c1C(=O)NO. The standard InChI is InChI=1S/C27H23N3O4/c1-34-26-24(27(32)30-33)22-17-28-15-14-23(22)29-25(26)21-12-10-20(11-13-21)9-8-19-6-4-18(5-7-19)3-2-16-31/h4-7,10-15,17,31,33H,2-3,16H2,1H3,(H,30,32). The van der Waals surface area contributed by atoms with Gasteiger partial charge in [0, 0.05) is 41.1 Å². The highest BCUT2D eigenvalue weighted by Crippen LogP contribution is 2.36. The molecule has 0 spiro atoms. The minimum atomic E-state index is -0.705. The zero-order valence-corrected chi connectivity index (χ0v) is 18.6. The van der Waals surface area contributed by atoms with Crippen molar-refractivity contribution in [1.29, 1.82) is 0 Å². The molecule has 4 aromatic rings. The number of pyridine rings is 2. The summed E-state index contributed by atoms with van der Waals surface area (Å²) in [5.41, 5.74) is 6.50. The number of aliphatic hydroxyl groups is 1. The van der Waals surface area contributed by atoms with Crippen LogP contribution in [0.25, 0.3) is 22.2 Å². The molecule has 4 rings (SSSR count). The predicted octanol–water partition coefficient (Wildman–Crippen LogP) is 3.75. The second-order valence-electron chi connectivity index (χ2n) is 7.55. The van der Waals surface area contributed by atoms with Crippen molar-refractivity contribution in [2.45, 2.75) is 12.8 Å². The predicted molar refractivity (Wildman–Crippen MR) is 129 cm³/mol. The third-order valence-corrected chi connectivity index (χ3v) is 5.36. The summed E-state index contributed by atoms with van der Waals surface area (Å²) in [6.07, 6.45) is 4.69. The molecule has 2 heterocycles. The average Bonchev–Trinajstić information content (AvgIpc) is 2.90. The Morgan fingerprint density at radius 2 is 1.71 bits per heavy atom. The fourth-order valence-electron chi connectivity index (χ4n) is 3.66. The second kappa shape index (κ2) is 10.6. The van der Waals surface area contributed by atoms with E-state index in [0.29, 0.717) is 16.6 Å². The zero-order valence-electron chi connectivity index (χ0n) is 18.6. The highest BCUT2D eigenvalue weighted by molar-refractivity contribution is 6.09. The first-order chi connectivity index (χ1) is 16.6. The number of methoxy groups -OCH3 is 1. The zero-order chi connectivity index (χ0) is 23.9. The number of nitrogens with zero attached hydrogens (tertiary/aromatic N) is 2. The van der Waals surface area contributed by atoms with Crippen LogP contribution in [0, 0.1) is 11.8 Å². The molecule has 0 aliphatic rings. The first-order valence-corrected chi connectivity index (χ1v) is 10.7. The van der Waals surface area contributed by atoms with E-state index in [2.05, 4.69) is 21.8 Å². The Balaban J connectivity index is 1.65. The lowest BCUT2D eigenvalue weighted by atomic mass is 10.0. The van der Waals surface area contributed by atoms with E-state index in [1.54, 1.807) is 17.7 Å². The van der Waals surface area contributed by atoms with Crippen LogP contribution in [0.2, 0.25) is 0 Å². The molecular weight excluding hydrogens is 430 g/mol. The van der Waals surface area contributed by atoms with Crippen LogP contribution >= 0.6 is 0 Å². The van der Waals surface area contributed by atoms with E-state index in [9.17, 15) is 10.0 Å². The maximum absolute atomic E-state index is 12.4. The van der Waals surface area contributed by atoms with Crippen LogP contribution in [0.1, 0.15) is 33.5 Å². The number of carbonyl (C=O) groups excluding carboxylic acids is 1. The fraction of sp³-hybridized carbons (Fsp3) is 0.148. The van der Waals surface area contributed by atoms with Crippen molar-refractivity contribution < 1.29 is 19.8 Å². The van der Waals surface area contributed by atoms with Crippen molar-refractivity contribution in [1.82, 2.24) is 15.4 Å². The van der Waals surface area contributed by atoms with E-state index in [1.165, 1.54) is 18.9 Å². The number of rotatable bonds is 6. The molecule has 1 amide bonds. The molecule has 0 aliphatic carbocycles. The lowest BCUT2D eigenvalue weighted by molar-refractivity contribution is 0.0705. The van der Waals surface area contributed by atoms with Gasteiger partial charge in [0.2, 0.25) is 0 Å². The van der Waals surface area contributed by atoms with Gasteiger partial charge >= 0.3 is 0 Å². The number of aromatic nitrogens is 2. The second-order valence-corrected chi connectivity index (χ2v) is 7.55. The number of hydrogen-bond acceptors (Lipinski definition) is 6. The van der Waals surface area contributed by atoms with Crippen LogP contribution in [0.15, 0.2) is 67.0 Å². The van der Waals surface area contributed by atoms with Gasteiger partial charge in [-0.05, 0) is 48.7 Å². The summed E-state index contributed by atoms with van der Waals surface area (Å²) >= 11 is 0. The number of nitrogens with one attached hydrogen (secondary N) is 1. The van der Waals surface area contributed by atoms with Crippen molar-refractivity contribution in [3.8, 4) is 28.8 Å². The summed E-state index contributed by atoms with van der Waals surface area (Å²) in [6.45, 7) is 0.186. The number of ether oxygens (including phenoxy) is 1. The van der Waals surface area contributed by atoms with Gasteiger partial charge in [-0.1, -0.05) is 36.1 Å². The number of hydroxylamine groups is 1. The highest BCUT2D eigenvalue weighted by Gasteiger charge is 2.22. The summed E-state index contributed by atoms with van der Waals surface area (Å²) in [5.74, 6) is 5.84. The molecule has 3 N–H and O–H groups in total. The Kier molecular flexibility index (Phi) is 7.13. The first kappa shape index (κ1) is 22.9. The Morgan fingerprint density at radius 3 is 2.32 bits per heavy atom. The van der Waals surface area contributed by atoms with Gasteiger partial charge in [-0.2, -0.15) is 0 Å². The van der Waals surface area contributed by atoms with Crippen molar-refractivity contribution in [2.24, 2.45) is 0 Å². The first-order valence-electron chi connectivity index (χ1n) is 10.7. The highest BCUT2D eigenvalue weighted by atomic mass is 16.5. The van der Waals surface area contributed by atoms with Gasteiger partial charge in [0.25, 0.3) is 5.91 Å². The van der Waals surface area contributed by atoms with Gasteiger partial charge in [-0.25, -0.2) is 10.5 Å². The van der Waals surface area contributed by atoms with Gasteiger partial charge < -0.3 is 9.84 Å². The Bertz CT molecular complexity index is 1370. The number of benzene rings is 2. The van der Waals surface area contributed by atoms with Gasteiger partial charge in [0.15, 0.2) is 5.75 Å². The molecule has 170 valence electrons. The third kappa shape index (κ3) is 4.89. The number of hydrogen-bond donors (Lipinski definition) is 3. The minimum Gasteiger partial charge on any atom is -0.494 e. The topological polar surface area (TPSA) is 105 Å². The Morgan fingerprint density at radius 1 is 1.03 bits per heavy atom. The van der Waals surface area contributed by atoms with Crippen LogP contribution < -0.4 is 10.2 Å². The van der Waals surface area contributed by atoms with E-state index < -0.39 is 5.91 Å². The number of amides is 1. The van der Waals surface area contributed by atoms with E-state index in [1.807, 2.05) is 48.5 Å². The molecule has 0 bridgehead atoms. The molecule has 2 aromatic heterocycles. The molecule has 7 nitrogen and oxygen atoms in total. The van der Waals surface area contributed by atoms with Crippen LogP contribution in [0.4, 0.5) is 0 Å². The molecule has 0 aliphatic heterocycles. The van der Waals surface area contributed by atoms with Gasteiger partial charge in [-0.3, -0.25) is 15.0 Å². The Labute approximate surface area is 197 Å². The minimum absolute atomic E-state index is 0.157. The van der Waals surface area contributed by atoms with Crippen molar-refractivity contribution in [3.05, 3.63) is 89.2 Å². The maximum Gasteiger partial charge on any atom is 0.279 e. The summed E-state index contributed by atoms with van der Waals surface area (Å²) in [7, 11) is 1.45. The monoisotopic (exact) mass is 453 g/mol. The quantitative estimate of drug-likeness (QED) is 0.233. The maximum atomic E-state index is 12.4. The number of carbonyl (C=O) groups is 1. The molecule has 0 saturated heterocycles. The summed E-state index contributed by atoms with van der Waals surface area (Å²) in [5, 5.41) is 18.7. The number of aryl methyl sites for hydroxylation is 1. The van der Waals surface area contributed by atoms with Crippen LogP contribution in [-0.2, 0) is 6.42 Å².